The Labute approximate surface area is 82.3 Å². The van der Waals surface area contributed by atoms with Crippen molar-refractivity contribution in [2.75, 3.05) is 6.54 Å². The molecule has 0 unspecified atom stereocenters. The van der Waals surface area contributed by atoms with Crippen molar-refractivity contribution >= 4 is 5.91 Å². The van der Waals surface area contributed by atoms with Crippen molar-refractivity contribution in [3.05, 3.63) is 33.7 Å². The van der Waals surface area contributed by atoms with Gasteiger partial charge in [-0.15, -0.1) is 0 Å². The lowest BCUT2D eigenvalue weighted by atomic mass is 10.2. The van der Waals surface area contributed by atoms with Crippen molar-refractivity contribution in [1.82, 2.24) is 10.3 Å². The second-order valence-corrected chi connectivity index (χ2v) is 3.15. The monoisotopic (exact) mass is 194 g/mol. The molecule has 0 aromatic carbocycles. The third kappa shape index (κ3) is 2.45. The molecule has 1 aromatic heterocycles. The van der Waals surface area contributed by atoms with Gasteiger partial charge in [0.05, 0.1) is 0 Å². The van der Waals surface area contributed by atoms with Crippen molar-refractivity contribution < 1.29 is 4.79 Å². The van der Waals surface area contributed by atoms with Gasteiger partial charge < -0.3 is 10.3 Å². The minimum Gasteiger partial charge on any atom is -0.364 e. The Kier molecular flexibility index (Phi) is 3.45. The summed E-state index contributed by atoms with van der Waals surface area (Å²) >= 11 is 0. The van der Waals surface area contributed by atoms with Crippen molar-refractivity contribution in [2.45, 2.75) is 20.3 Å². The summed E-state index contributed by atoms with van der Waals surface area (Å²) in [7, 11) is 0. The summed E-state index contributed by atoms with van der Waals surface area (Å²) < 4.78 is 0. The Balaban J connectivity index is 2.85. The molecule has 1 aromatic rings. The van der Waals surface area contributed by atoms with E-state index in [0.717, 1.165) is 12.1 Å². The molecule has 0 atom stereocenters. The quantitative estimate of drug-likeness (QED) is 0.748. The van der Waals surface area contributed by atoms with Gasteiger partial charge in [-0.2, -0.15) is 0 Å². The highest BCUT2D eigenvalue weighted by Crippen LogP contribution is 1.91. The van der Waals surface area contributed by atoms with Crippen LogP contribution in [0.25, 0.3) is 0 Å². The fraction of sp³-hybridized carbons (Fsp3) is 0.400. The zero-order chi connectivity index (χ0) is 10.6. The smallest absolute Gasteiger partial charge is 0.256 e. The third-order valence-corrected chi connectivity index (χ3v) is 1.84. The van der Waals surface area contributed by atoms with Crippen LogP contribution in [0.1, 0.15) is 29.4 Å². The zero-order valence-electron chi connectivity index (χ0n) is 8.39. The first-order valence-corrected chi connectivity index (χ1v) is 4.62. The van der Waals surface area contributed by atoms with Gasteiger partial charge in [0.15, 0.2) is 5.43 Å². The number of aryl methyl sites for hydroxylation is 1. The molecular formula is C10H14N2O2. The molecule has 1 rings (SSSR count). The summed E-state index contributed by atoms with van der Waals surface area (Å²) in [5.41, 5.74) is 0.681. The van der Waals surface area contributed by atoms with Gasteiger partial charge >= 0.3 is 0 Å². The number of rotatable bonds is 3. The minimum absolute atomic E-state index is 0.170. The Morgan fingerprint density at radius 2 is 2.29 bits per heavy atom. The van der Waals surface area contributed by atoms with E-state index in [-0.39, 0.29) is 16.9 Å². The molecule has 1 amide bonds. The maximum atomic E-state index is 11.4. The molecule has 4 nitrogen and oxygen atoms in total. The van der Waals surface area contributed by atoms with Crippen LogP contribution >= 0.6 is 0 Å². The Morgan fingerprint density at radius 1 is 1.57 bits per heavy atom. The predicted molar refractivity (Wildman–Crippen MR) is 54.4 cm³/mol. The van der Waals surface area contributed by atoms with Gasteiger partial charge in [0.2, 0.25) is 0 Å². The second kappa shape index (κ2) is 4.60. The maximum Gasteiger partial charge on any atom is 0.256 e. The minimum atomic E-state index is -0.312. The van der Waals surface area contributed by atoms with Gasteiger partial charge in [-0.1, -0.05) is 6.92 Å². The SMILES string of the molecule is CCCNC(=O)c1c[nH]c(C)cc1=O. The number of carbonyl (C=O) groups excluding carboxylic acids is 1. The molecule has 0 aliphatic heterocycles. The van der Waals surface area contributed by atoms with E-state index in [0.29, 0.717) is 6.54 Å². The first-order chi connectivity index (χ1) is 6.65. The predicted octanol–water partition coefficient (Wildman–Crippen LogP) is 0.823. The van der Waals surface area contributed by atoms with E-state index in [1.54, 1.807) is 6.92 Å². The number of nitrogens with one attached hydrogen (secondary N) is 2. The fourth-order valence-corrected chi connectivity index (χ4v) is 1.08. The second-order valence-electron chi connectivity index (χ2n) is 3.15. The Bertz CT molecular complexity index is 382. The van der Waals surface area contributed by atoms with Crippen molar-refractivity contribution in [1.29, 1.82) is 0 Å². The van der Waals surface area contributed by atoms with Crippen molar-refractivity contribution in [2.24, 2.45) is 0 Å². The van der Waals surface area contributed by atoms with Crippen LogP contribution in [-0.2, 0) is 0 Å². The summed E-state index contributed by atoms with van der Waals surface area (Å²) in [6, 6.07) is 1.42. The standard InChI is InChI=1S/C10H14N2O2/c1-3-4-11-10(14)8-6-12-7(2)5-9(8)13/h5-6H,3-4H2,1-2H3,(H,11,14)(H,12,13). The molecular weight excluding hydrogens is 180 g/mol. The number of aromatic nitrogens is 1. The molecule has 0 fully saturated rings. The summed E-state index contributed by atoms with van der Waals surface area (Å²) in [6.45, 7) is 4.32. The third-order valence-electron chi connectivity index (χ3n) is 1.84. The van der Waals surface area contributed by atoms with Gasteiger partial charge in [0.25, 0.3) is 5.91 Å². The normalized spacial score (nSPS) is 9.86. The molecule has 0 aliphatic rings. The lowest BCUT2D eigenvalue weighted by molar-refractivity contribution is 0.0952. The highest BCUT2D eigenvalue weighted by atomic mass is 16.2. The highest BCUT2D eigenvalue weighted by Gasteiger charge is 2.08. The van der Waals surface area contributed by atoms with Crippen molar-refractivity contribution in [3.8, 4) is 0 Å². The van der Waals surface area contributed by atoms with Crippen LogP contribution in [-0.4, -0.2) is 17.4 Å². The summed E-state index contributed by atoms with van der Waals surface area (Å²) in [5, 5.41) is 2.65. The van der Waals surface area contributed by atoms with Crippen LogP contribution in [0.4, 0.5) is 0 Å². The van der Waals surface area contributed by atoms with Crippen LogP contribution in [0.2, 0.25) is 0 Å². The summed E-state index contributed by atoms with van der Waals surface area (Å²) in [4.78, 5) is 25.6. The van der Waals surface area contributed by atoms with E-state index in [1.165, 1.54) is 12.3 Å². The van der Waals surface area contributed by atoms with Gasteiger partial charge in [0, 0.05) is 24.5 Å². The lowest BCUT2D eigenvalue weighted by Gasteiger charge is -2.02. The molecule has 0 bridgehead atoms. The molecule has 4 heteroatoms. The number of hydrogen-bond donors (Lipinski definition) is 2. The number of hydrogen-bond acceptors (Lipinski definition) is 2. The van der Waals surface area contributed by atoms with E-state index in [9.17, 15) is 9.59 Å². The van der Waals surface area contributed by atoms with Crippen LogP contribution in [0, 0.1) is 6.92 Å². The number of amides is 1. The number of carbonyl (C=O) groups is 1. The maximum absolute atomic E-state index is 11.4. The number of aromatic amines is 1. The molecule has 14 heavy (non-hydrogen) atoms. The first kappa shape index (κ1) is 10.5. The fourth-order valence-electron chi connectivity index (χ4n) is 1.08. The van der Waals surface area contributed by atoms with Crippen LogP contribution in [0.5, 0.6) is 0 Å². The van der Waals surface area contributed by atoms with E-state index >= 15 is 0 Å². The van der Waals surface area contributed by atoms with E-state index in [2.05, 4.69) is 10.3 Å². The molecule has 0 spiro atoms. The van der Waals surface area contributed by atoms with E-state index in [1.807, 2.05) is 6.92 Å². The average molecular weight is 194 g/mol. The lowest BCUT2D eigenvalue weighted by Crippen LogP contribution is -2.29. The van der Waals surface area contributed by atoms with E-state index < -0.39 is 0 Å². The zero-order valence-corrected chi connectivity index (χ0v) is 8.39. The number of H-pyrrole nitrogens is 1. The largest absolute Gasteiger partial charge is 0.364 e. The van der Waals surface area contributed by atoms with Crippen LogP contribution in [0.15, 0.2) is 17.1 Å². The van der Waals surface area contributed by atoms with Crippen LogP contribution < -0.4 is 10.7 Å². The van der Waals surface area contributed by atoms with Crippen molar-refractivity contribution in [3.63, 3.8) is 0 Å². The van der Waals surface area contributed by atoms with Crippen LogP contribution in [0.3, 0.4) is 0 Å². The van der Waals surface area contributed by atoms with Gasteiger partial charge in [0.1, 0.15) is 5.56 Å². The molecule has 2 N–H and O–H groups in total. The molecule has 0 radical (unpaired) electrons. The molecule has 1 heterocycles. The molecule has 0 aliphatic carbocycles. The number of pyridine rings is 1. The summed E-state index contributed by atoms with van der Waals surface area (Å²) in [6.07, 6.45) is 2.30. The molecule has 76 valence electrons. The van der Waals surface area contributed by atoms with Gasteiger partial charge in [-0.25, -0.2) is 0 Å². The first-order valence-electron chi connectivity index (χ1n) is 4.62. The van der Waals surface area contributed by atoms with E-state index in [4.69, 9.17) is 0 Å². The molecule has 0 saturated carbocycles. The average Bonchev–Trinajstić information content (AvgIpc) is 2.14. The molecule has 0 saturated heterocycles. The van der Waals surface area contributed by atoms with Gasteiger partial charge in [-0.05, 0) is 13.3 Å². The Morgan fingerprint density at radius 3 is 2.86 bits per heavy atom. The topological polar surface area (TPSA) is 62.0 Å². The Hall–Kier alpha value is -1.58. The van der Waals surface area contributed by atoms with Gasteiger partial charge in [-0.3, -0.25) is 9.59 Å². The highest BCUT2D eigenvalue weighted by molar-refractivity contribution is 5.93. The summed E-state index contributed by atoms with van der Waals surface area (Å²) in [5.74, 6) is -0.312.